The first-order chi connectivity index (χ1) is 15.1. The number of para-hydroxylation sites is 1. The Morgan fingerprint density at radius 3 is 2.42 bits per heavy atom. The zero-order valence-corrected chi connectivity index (χ0v) is 18.1. The van der Waals surface area contributed by atoms with E-state index in [9.17, 15) is 0 Å². The van der Waals surface area contributed by atoms with Gasteiger partial charge in [-0.15, -0.1) is 0 Å². The zero-order chi connectivity index (χ0) is 21.6. The van der Waals surface area contributed by atoms with Crippen LogP contribution in [0.15, 0.2) is 66.7 Å². The van der Waals surface area contributed by atoms with Crippen molar-refractivity contribution in [2.24, 2.45) is 0 Å². The lowest BCUT2D eigenvalue weighted by atomic mass is 10.1. The molecular weight excluding hydrogens is 429 g/mol. The van der Waals surface area contributed by atoms with Gasteiger partial charge in [-0.2, -0.15) is 5.26 Å². The highest BCUT2D eigenvalue weighted by Gasteiger charge is 2.12. The number of anilines is 2. The number of aromatic nitrogens is 2. The van der Waals surface area contributed by atoms with Crippen LogP contribution in [0.2, 0.25) is 10.0 Å². The second-order valence-corrected chi connectivity index (χ2v) is 7.78. The Hall–Kier alpha value is -3.33. The molecule has 0 saturated carbocycles. The van der Waals surface area contributed by atoms with Crippen LogP contribution in [-0.4, -0.2) is 23.1 Å². The van der Waals surface area contributed by atoms with Crippen molar-refractivity contribution in [3.63, 3.8) is 0 Å². The Labute approximate surface area is 190 Å². The summed E-state index contributed by atoms with van der Waals surface area (Å²) in [6.07, 6.45) is 0.884. The molecule has 0 atom stereocenters. The van der Waals surface area contributed by atoms with Crippen molar-refractivity contribution in [1.29, 1.82) is 5.26 Å². The molecule has 4 aromatic rings. The van der Waals surface area contributed by atoms with E-state index in [1.54, 1.807) is 24.3 Å². The highest BCUT2D eigenvalue weighted by molar-refractivity contribution is 6.36. The summed E-state index contributed by atoms with van der Waals surface area (Å²) in [6, 6.07) is 22.7. The molecule has 31 heavy (non-hydrogen) atoms. The van der Waals surface area contributed by atoms with Gasteiger partial charge in [-0.05, 0) is 61.0 Å². The Balaban J connectivity index is 1.47. The van der Waals surface area contributed by atoms with Crippen LogP contribution in [0, 0.1) is 11.3 Å². The summed E-state index contributed by atoms with van der Waals surface area (Å²) < 4.78 is 0. The second kappa shape index (κ2) is 9.65. The van der Waals surface area contributed by atoms with Gasteiger partial charge in [0.25, 0.3) is 0 Å². The average molecular weight is 448 g/mol. The molecule has 3 aromatic carbocycles. The molecule has 7 heteroatoms. The first kappa shape index (κ1) is 20.9. The van der Waals surface area contributed by atoms with E-state index in [1.165, 1.54) is 0 Å². The number of rotatable bonds is 7. The largest absolute Gasteiger partial charge is 0.385 e. The van der Waals surface area contributed by atoms with Crippen LogP contribution >= 0.6 is 23.2 Å². The lowest BCUT2D eigenvalue weighted by Crippen LogP contribution is -2.11. The summed E-state index contributed by atoms with van der Waals surface area (Å²) in [5.74, 6) is 1.32. The van der Waals surface area contributed by atoms with Crippen LogP contribution in [-0.2, 0) is 0 Å². The molecule has 4 rings (SSSR count). The van der Waals surface area contributed by atoms with Crippen LogP contribution in [0.4, 0.5) is 11.5 Å². The van der Waals surface area contributed by atoms with Gasteiger partial charge in [0.05, 0.1) is 22.2 Å². The standard InChI is InChI=1S/C24H19Cl2N5/c25-17-8-11-19(21(26)14-17)24-30-22-5-2-1-4-20(22)23(31-24)29-13-3-12-28-18-9-6-16(15-27)7-10-18/h1-2,4-11,14,28H,3,12-13H2,(H,29,30,31). The molecule has 154 valence electrons. The molecule has 0 unspecified atom stereocenters. The van der Waals surface area contributed by atoms with E-state index in [4.69, 9.17) is 33.4 Å². The van der Waals surface area contributed by atoms with Crippen molar-refractivity contribution in [2.75, 3.05) is 23.7 Å². The molecule has 0 saturated heterocycles. The number of benzene rings is 3. The first-order valence-corrected chi connectivity index (χ1v) is 10.6. The fraction of sp³-hybridized carbons (Fsp3) is 0.125. The highest BCUT2D eigenvalue weighted by Crippen LogP contribution is 2.31. The molecule has 0 bridgehead atoms. The quantitative estimate of drug-likeness (QED) is 0.321. The maximum absolute atomic E-state index is 8.88. The minimum Gasteiger partial charge on any atom is -0.385 e. The van der Waals surface area contributed by atoms with Crippen molar-refractivity contribution in [1.82, 2.24) is 9.97 Å². The molecular formula is C24H19Cl2N5. The van der Waals surface area contributed by atoms with Crippen LogP contribution < -0.4 is 10.6 Å². The molecule has 2 N–H and O–H groups in total. The highest BCUT2D eigenvalue weighted by atomic mass is 35.5. The zero-order valence-electron chi connectivity index (χ0n) is 16.6. The summed E-state index contributed by atoms with van der Waals surface area (Å²) in [4.78, 5) is 9.42. The van der Waals surface area contributed by atoms with Crippen molar-refractivity contribution >= 4 is 45.6 Å². The minimum absolute atomic E-state index is 0.514. The molecule has 0 aliphatic carbocycles. The van der Waals surface area contributed by atoms with Gasteiger partial charge in [0.2, 0.25) is 0 Å². The Morgan fingerprint density at radius 2 is 1.65 bits per heavy atom. The van der Waals surface area contributed by atoms with Gasteiger partial charge in [-0.1, -0.05) is 35.3 Å². The van der Waals surface area contributed by atoms with E-state index in [0.29, 0.717) is 21.4 Å². The van der Waals surface area contributed by atoms with Gasteiger partial charge < -0.3 is 10.6 Å². The SMILES string of the molecule is N#Cc1ccc(NCCCNc2nc(-c3ccc(Cl)cc3Cl)nc3ccccc23)cc1. The lowest BCUT2D eigenvalue weighted by molar-refractivity contribution is 0.905. The number of nitrogens with zero attached hydrogens (tertiary/aromatic N) is 3. The molecule has 0 amide bonds. The Morgan fingerprint density at radius 1 is 0.871 bits per heavy atom. The molecule has 0 aliphatic rings. The third-order valence-electron chi connectivity index (χ3n) is 4.76. The minimum atomic E-state index is 0.514. The van der Waals surface area contributed by atoms with E-state index in [0.717, 1.165) is 47.5 Å². The number of nitrogens with one attached hydrogen (secondary N) is 2. The summed E-state index contributed by atoms with van der Waals surface area (Å²) in [5.41, 5.74) is 3.23. The van der Waals surface area contributed by atoms with Crippen molar-refractivity contribution in [3.8, 4) is 17.5 Å². The van der Waals surface area contributed by atoms with E-state index in [1.807, 2.05) is 42.5 Å². The van der Waals surface area contributed by atoms with Gasteiger partial charge in [-0.3, -0.25) is 0 Å². The summed E-state index contributed by atoms with van der Waals surface area (Å²) in [5, 5.41) is 17.7. The smallest absolute Gasteiger partial charge is 0.163 e. The van der Waals surface area contributed by atoms with Crippen molar-refractivity contribution in [2.45, 2.75) is 6.42 Å². The van der Waals surface area contributed by atoms with Gasteiger partial charge in [0.15, 0.2) is 5.82 Å². The van der Waals surface area contributed by atoms with Gasteiger partial charge in [0, 0.05) is 34.7 Å². The number of hydrogen-bond donors (Lipinski definition) is 2. The molecule has 1 heterocycles. The third-order valence-corrected chi connectivity index (χ3v) is 5.31. The maximum atomic E-state index is 8.88. The van der Waals surface area contributed by atoms with E-state index in [2.05, 4.69) is 21.7 Å². The molecule has 5 nitrogen and oxygen atoms in total. The third kappa shape index (κ3) is 5.05. The predicted molar refractivity (Wildman–Crippen MR) is 128 cm³/mol. The normalized spacial score (nSPS) is 10.6. The maximum Gasteiger partial charge on any atom is 0.163 e. The van der Waals surface area contributed by atoms with Crippen LogP contribution in [0.1, 0.15) is 12.0 Å². The van der Waals surface area contributed by atoms with Gasteiger partial charge in [0.1, 0.15) is 5.82 Å². The van der Waals surface area contributed by atoms with Crippen LogP contribution in [0.5, 0.6) is 0 Å². The van der Waals surface area contributed by atoms with E-state index < -0.39 is 0 Å². The summed E-state index contributed by atoms with van der Waals surface area (Å²) >= 11 is 12.4. The number of fused-ring (bicyclic) bond motifs is 1. The van der Waals surface area contributed by atoms with Crippen molar-refractivity contribution < 1.29 is 0 Å². The molecule has 0 fully saturated rings. The Kier molecular flexibility index (Phi) is 6.51. The number of hydrogen-bond acceptors (Lipinski definition) is 5. The van der Waals surface area contributed by atoms with E-state index >= 15 is 0 Å². The number of nitriles is 1. The molecule has 1 aromatic heterocycles. The molecule has 0 spiro atoms. The van der Waals surface area contributed by atoms with Crippen molar-refractivity contribution in [3.05, 3.63) is 82.3 Å². The van der Waals surface area contributed by atoms with Gasteiger partial charge >= 0.3 is 0 Å². The summed E-state index contributed by atoms with van der Waals surface area (Å²) in [6.45, 7) is 1.52. The summed E-state index contributed by atoms with van der Waals surface area (Å²) in [7, 11) is 0. The van der Waals surface area contributed by atoms with Crippen LogP contribution in [0.25, 0.3) is 22.3 Å². The van der Waals surface area contributed by atoms with Gasteiger partial charge in [-0.25, -0.2) is 9.97 Å². The monoisotopic (exact) mass is 447 g/mol. The fourth-order valence-electron chi connectivity index (χ4n) is 3.19. The Bertz CT molecular complexity index is 1250. The molecule has 0 aliphatic heterocycles. The number of halogens is 2. The fourth-order valence-corrected chi connectivity index (χ4v) is 3.69. The second-order valence-electron chi connectivity index (χ2n) is 6.93. The van der Waals surface area contributed by atoms with Crippen LogP contribution in [0.3, 0.4) is 0 Å². The molecule has 0 radical (unpaired) electrons. The first-order valence-electron chi connectivity index (χ1n) is 9.84. The van der Waals surface area contributed by atoms with E-state index in [-0.39, 0.29) is 0 Å². The average Bonchev–Trinajstić information content (AvgIpc) is 2.79. The predicted octanol–water partition coefficient (Wildman–Crippen LogP) is 6.39. The topological polar surface area (TPSA) is 73.6 Å². The lowest BCUT2D eigenvalue weighted by Gasteiger charge is -2.12.